The van der Waals surface area contributed by atoms with Crippen LogP contribution in [0.3, 0.4) is 0 Å². The van der Waals surface area contributed by atoms with Gasteiger partial charge in [-0.05, 0) is 39.7 Å². The van der Waals surface area contributed by atoms with Gasteiger partial charge in [-0.25, -0.2) is 4.79 Å². The molecular formula is C22H27NO5. The standard InChI is InChI=1S/C22H27NO5/c1-12(2)28-22(25)19-13(3)23-16-7-6-8-17(24)21(16)20(19)15-10-9-14(26-4)11-18(15)27-5/h9-12,20,23H,6-8H2,1-5H3/t20-/m0/s1. The minimum atomic E-state index is -0.531. The second-order valence-electron chi connectivity index (χ2n) is 7.33. The highest BCUT2D eigenvalue weighted by Crippen LogP contribution is 2.46. The fourth-order valence-electron chi connectivity index (χ4n) is 3.90. The molecule has 0 amide bonds. The van der Waals surface area contributed by atoms with Crippen molar-refractivity contribution in [1.82, 2.24) is 5.32 Å². The Bertz CT molecular complexity index is 866. The molecule has 0 fully saturated rings. The molecule has 1 aliphatic heterocycles. The minimum absolute atomic E-state index is 0.0546. The van der Waals surface area contributed by atoms with E-state index in [1.807, 2.05) is 32.9 Å². The Kier molecular flexibility index (Phi) is 5.77. The van der Waals surface area contributed by atoms with Crippen LogP contribution in [0.25, 0.3) is 0 Å². The van der Waals surface area contributed by atoms with Crippen molar-refractivity contribution in [3.8, 4) is 11.5 Å². The molecule has 6 nitrogen and oxygen atoms in total. The number of carbonyl (C=O) groups excluding carboxylic acids is 2. The van der Waals surface area contributed by atoms with Gasteiger partial charge in [-0.1, -0.05) is 6.07 Å². The topological polar surface area (TPSA) is 73.9 Å². The van der Waals surface area contributed by atoms with Gasteiger partial charge in [0, 0.05) is 35.0 Å². The number of dihydropyridines is 1. The molecule has 0 spiro atoms. The number of nitrogens with one attached hydrogen (secondary N) is 1. The van der Waals surface area contributed by atoms with Crippen LogP contribution < -0.4 is 14.8 Å². The van der Waals surface area contributed by atoms with E-state index in [1.54, 1.807) is 20.3 Å². The fourth-order valence-corrected chi connectivity index (χ4v) is 3.90. The summed E-state index contributed by atoms with van der Waals surface area (Å²) in [7, 11) is 3.15. The number of hydrogen-bond acceptors (Lipinski definition) is 6. The smallest absolute Gasteiger partial charge is 0.337 e. The van der Waals surface area contributed by atoms with Crippen molar-refractivity contribution in [2.75, 3.05) is 14.2 Å². The Labute approximate surface area is 165 Å². The van der Waals surface area contributed by atoms with E-state index in [0.29, 0.717) is 34.8 Å². The fraction of sp³-hybridized carbons (Fsp3) is 0.455. The van der Waals surface area contributed by atoms with Gasteiger partial charge in [0.2, 0.25) is 0 Å². The van der Waals surface area contributed by atoms with Crippen LogP contribution in [-0.2, 0) is 14.3 Å². The Morgan fingerprint density at radius 2 is 1.93 bits per heavy atom. The maximum Gasteiger partial charge on any atom is 0.337 e. The van der Waals surface area contributed by atoms with Gasteiger partial charge in [-0.15, -0.1) is 0 Å². The summed E-state index contributed by atoms with van der Waals surface area (Å²) in [6.07, 6.45) is 1.79. The van der Waals surface area contributed by atoms with Crippen molar-refractivity contribution in [3.05, 3.63) is 46.3 Å². The van der Waals surface area contributed by atoms with Crippen molar-refractivity contribution in [2.24, 2.45) is 0 Å². The first-order valence-corrected chi connectivity index (χ1v) is 9.54. The first-order chi connectivity index (χ1) is 13.4. The van der Waals surface area contributed by atoms with E-state index in [0.717, 1.165) is 24.1 Å². The number of hydrogen-bond donors (Lipinski definition) is 1. The minimum Gasteiger partial charge on any atom is -0.497 e. The third-order valence-corrected chi connectivity index (χ3v) is 5.09. The highest BCUT2D eigenvalue weighted by molar-refractivity contribution is 6.04. The van der Waals surface area contributed by atoms with Crippen molar-refractivity contribution < 1.29 is 23.8 Å². The summed E-state index contributed by atoms with van der Waals surface area (Å²) in [6.45, 7) is 5.47. The molecule has 1 aromatic carbocycles. The summed E-state index contributed by atoms with van der Waals surface area (Å²) < 4.78 is 16.4. The Hall–Kier alpha value is -2.76. The lowest BCUT2D eigenvalue weighted by atomic mass is 9.75. The molecule has 6 heteroatoms. The molecular weight excluding hydrogens is 358 g/mol. The van der Waals surface area contributed by atoms with E-state index >= 15 is 0 Å². The zero-order valence-electron chi connectivity index (χ0n) is 17.0. The molecule has 0 aromatic heterocycles. The van der Waals surface area contributed by atoms with Gasteiger partial charge in [0.15, 0.2) is 5.78 Å². The molecule has 0 bridgehead atoms. The van der Waals surface area contributed by atoms with E-state index in [2.05, 4.69) is 5.32 Å². The predicted molar refractivity (Wildman–Crippen MR) is 105 cm³/mol. The first-order valence-electron chi connectivity index (χ1n) is 9.54. The van der Waals surface area contributed by atoms with Crippen molar-refractivity contribution in [1.29, 1.82) is 0 Å². The molecule has 1 N–H and O–H groups in total. The number of carbonyl (C=O) groups is 2. The average molecular weight is 385 g/mol. The number of ether oxygens (including phenoxy) is 3. The van der Waals surface area contributed by atoms with Gasteiger partial charge in [0.05, 0.1) is 31.8 Å². The van der Waals surface area contributed by atoms with Crippen LogP contribution in [-0.4, -0.2) is 32.1 Å². The number of ketones is 1. The zero-order chi connectivity index (χ0) is 20.4. The van der Waals surface area contributed by atoms with Crippen molar-refractivity contribution in [3.63, 3.8) is 0 Å². The summed E-state index contributed by atoms with van der Waals surface area (Å²) in [5, 5.41) is 3.28. The monoisotopic (exact) mass is 385 g/mol. The second-order valence-corrected chi connectivity index (χ2v) is 7.33. The van der Waals surface area contributed by atoms with Crippen LogP contribution in [0.15, 0.2) is 40.7 Å². The molecule has 3 rings (SSSR count). The number of rotatable bonds is 5. The van der Waals surface area contributed by atoms with E-state index < -0.39 is 11.9 Å². The molecule has 1 heterocycles. The molecule has 1 aromatic rings. The zero-order valence-corrected chi connectivity index (χ0v) is 17.0. The molecule has 1 aliphatic carbocycles. The van der Waals surface area contributed by atoms with E-state index in [9.17, 15) is 9.59 Å². The quantitative estimate of drug-likeness (QED) is 0.781. The third-order valence-electron chi connectivity index (χ3n) is 5.09. The van der Waals surface area contributed by atoms with Crippen LogP contribution in [0.2, 0.25) is 0 Å². The van der Waals surface area contributed by atoms with Crippen molar-refractivity contribution in [2.45, 2.75) is 52.1 Å². The average Bonchev–Trinajstić information content (AvgIpc) is 2.65. The number of Topliss-reactive ketones (excluding diaryl/α,β-unsaturated/α-hetero) is 1. The predicted octanol–water partition coefficient (Wildman–Crippen LogP) is 3.62. The molecule has 1 atom stereocenters. The highest BCUT2D eigenvalue weighted by Gasteiger charge is 2.40. The molecule has 0 unspecified atom stereocenters. The molecule has 0 saturated carbocycles. The summed E-state index contributed by atoms with van der Waals surface area (Å²) in [5.74, 6) is 0.313. The lowest BCUT2D eigenvalue weighted by molar-refractivity contribution is -0.143. The summed E-state index contributed by atoms with van der Waals surface area (Å²) in [5.41, 5.74) is 3.43. The van der Waals surface area contributed by atoms with Crippen LogP contribution in [0, 0.1) is 0 Å². The van der Waals surface area contributed by atoms with E-state index in [4.69, 9.17) is 14.2 Å². The van der Waals surface area contributed by atoms with Crippen LogP contribution in [0.1, 0.15) is 51.5 Å². The summed E-state index contributed by atoms with van der Waals surface area (Å²) >= 11 is 0. The first kappa shape index (κ1) is 20.0. The number of methoxy groups -OCH3 is 2. The molecule has 0 saturated heterocycles. The van der Waals surface area contributed by atoms with Gasteiger partial charge in [-0.3, -0.25) is 4.79 Å². The van der Waals surface area contributed by atoms with Gasteiger partial charge < -0.3 is 19.5 Å². The molecule has 0 radical (unpaired) electrons. The lowest BCUT2D eigenvalue weighted by Gasteiger charge is -2.35. The SMILES string of the molecule is COc1ccc([C@H]2C(C(=O)OC(C)C)=C(C)NC3=C2C(=O)CCC3)c(OC)c1. The molecule has 2 aliphatic rings. The largest absolute Gasteiger partial charge is 0.497 e. The van der Waals surface area contributed by atoms with Crippen LogP contribution in [0.4, 0.5) is 0 Å². The van der Waals surface area contributed by atoms with Gasteiger partial charge >= 0.3 is 5.97 Å². The maximum absolute atomic E-state index is 13.0. The Morgan fingerprint density at radius 1 is 1.18 bits per heavy atom. The Balaban J connectivity index is 2.20. The summed E-state index contributed by atoms with van der Waals surface area (Å²) in [4.78, 5) is 25.9. The lowest BCUT2D eigenvalue weighted by Crippen LogP contribution is -2.35. The van der Waals surface area contributed by atoms with Gasteiger partial charge in [0.1, 0.15) is 11.5 Å². The van der Waals surface area contributed by atoms with Crippen LogP contribution >= 0.6 is 0 Å². The number of allylic oxidation sites excluding steroid dienone is 3. The van der Waals surface area contributed by atoms with E-state index in [1.165, 1.54) is 0 Å². The number of esters is 1. The highest BCUT2D eigenvalue weighted by atomic mass is 16.5. The molecule has 28 heavy (non-hydrogen) atoms. The van der Waals surface area contributed by atoms with Gasteiger partial charge in [-0.2, -0.15) is 0 Å². The Morgan fingerprint density at radius 3 is 2.57 bits per heavy atom. The number of benzene rings is 1. The van der Waals surface area contributed by atoms with Crippen LogP contribution in [0.5, 0.6) is 11.5 Å². The second kappa shape index (κ2) is 8.09. The maximum atomic E-state index is 13.0. The van der Waals surface area contributed by atoms with Crippen molar-refractivity contribution >= 4 is 11.8 Å². The van der Waals surface area contributed by atoms with E-state index in [-0.39, 0.29) is 11.9 Å². The third kappa shape index (κ3) is 3.63. The van der Waals surface area contributed by atoms with Gasteiger partial charge in [0.25, 0.3) is 0 Å². The molecule has 150 valence electrons. The summed E-state index contributed by atoms with van der Waals surface area (Å²) in [6, 6.07) is 5.44. The normalized spacial score (nSPS) is 19.4.